The number of para-hydroxylation sites is 1. The van der Waals surface area contributed by atoms with Gasteiger partial charge in [0.25, 0.3) is 0 Å². The van der Waals surface area contributed by atoms with Gasteiger partial charge in [-0.05, 0) is 50.0 Å². The van der Waals surface area contributed by atoms with Crippen molar-refractivity contribution in [2.75, 3.05) is 38.3 Å². The second-order valence-electron chi connectivity index (χ2n) is 7.16. The standard InChI is InChI=1S/C20H24ClN5OS2/c1-15-5-3-4-6-17(15)26-19(24-9-11-27-12-10-24)22-25(20(26)28)14-23(2)13-16-7-8-18(21)29-16/h3-8H,9-14H2,1-2H3. The monoisotopic (exact) mass is 449 g/mol. The molecule has 1 aromatic carbocycles. The molecule has 1 aliphatic heterocycles. The molecule has 9 heteroatoms. The average molecular weight is 450 g/mol. The van der Waals surface area contributed by atoms with Crippen molar-refractivity contribution < 1.29 is 4.74 Å². The molecule has 0 atom stereocenters. The number of anilines is 1. The second-order valence-corrected chi connectivity index (χ2v) is 9.33. The van der Waals surface area contributed by atoms with Gasteiger partial charge in [0.05, 0.1) is 29.9 Å². The largest absolute Gasteiger partial charge is 0.378 e. The molecule has 6 nitrogen and oxygen atoms in total. The highest BCUT2D eigenvalue weighted by molar-refractivity contribution is 7.71. The molecule has 3 aromatic rings. The number of morpholine rings is 1. The molecule has 3 heterocycles. The lowest BCUT2D eigenvalue weighted by atomic mass is 10.2. The van der Waals surface area contributed by atoms with Gasteiger partial charge in [-0.2, -0.15) is 0 Å². The number of nitrogens with zero attached hydrogens (tertiary/aromatic N) is 5. The fraction of sp³-hybridized carbons (Fsp3) is 0.400. The molecule has 0 saturated carbocycles. The van der Waals surface area contributed by atoms with Crippen LogP contribution in [-0.2, 0) is 18.0 Å². The third kappa shape index (κ3) is 4.57. The van der Waals surface area contributed by atoms with Crippen molar-refractivity contribution in [2.45, 2.75) is 20.1 Å². The maximum absolute atomic E-state index is 6.07. The summed E-state index contributed by atoms with van der Waals surface area (Å²) in [7, 11) is 2.07. The van der Waals surface area contributed by atoms with E-state index in [2.05, 4.69) is 46.5 Å². The predicted molar refractivity (Wildman–Crippen MR) is 121 cm³/mol. The molecule has 4 rings (SSSR count). The number of thiophene rings is 1. The molecule has 0 unspecified atom stereocenters. The van der Waals surface area contributed by atoms with Gasteiger partial charge in [-0.3, -0.25) is 9.47 Å². The number of hydrogen-bond acceptors (Lipinski definition) is 6. The first-order valence-electron chi connectivity index (χ1n) is 9.54. The van der Waals surface area contributed by atoms with E-state index in [-0.39, 0.29) is 0 Å². The van der Waals surface area contributed by atoms with Crippen LogP contribution in [0.15, 0.2) is 36.4 Å². The highest BCUT2D eigenvalue weighted by Gasteiger charge is 2.22. The molecule has 154 valence electrons. The lowest BCUT2D eigenvalue weighted by Crippen LogP contribution is -2.38. The van der Waals surface area contributed by atoms with Gasteiger partial charge in [0, 0.05) is 24.5 Å². The van der Waals surface area contributed by atoms with Crippen LogP contribution < -0.4 is 4.90 Å². The molecule has 0 spiro atoms. The number of ether oxygens (including phenoxy) is 1. The Hall–Kier alpha value is -1.71. The summed E-state index contributed by atoms with van der Waals surface area (Å²) in [6.45, 7) is 6.51. The summed E-state index contributed by atoms with van der Waals surface area (Å²) >= 11 is 13.5. The lowest BCUT2D eigenvalue weighted by molar-refractivity contribution is 0.121. The molecule has 29 heavy (non-hydrogen) atoms. The van der Waals surface area contributed by atoms with Crippen LogP contribution in [0.4, 0.5) is 5.95 Å². The molecular weight excluding hydrogens is 426 g/mol. The first-order valence-corrected chi connectivity index (χ1v) is 11.1. The summed E-state index contributed by atoms with van der Waals surface area (Å²) in [5.74, 6) is 0.875. The van der Waals surface area contributed by atoms with Crippen LogP contribution in [0.25, 0.3) is 5.69 Å². The van der Waals surface area contributed by atoms with E-state index in [1.807, 2.05) is 22.9 Å². The number of rotatable bonds is 6. The van der Waals surface area contributed by atoms with Crippen LogP contribution in [-0.4, -0.2) is 52.6 Å². The molecule has 0 radical (unpaired) electrons. The Morgan fingerprint density at radius 1 is 1.21 bits per heavy atom. The molecule has 2 aromatic heterocycles. The SMILES string of the molecule is Cc1ccccc1-n1c(N2CCOCC2)nn(CN(C)Cc2ccc(Cl)s2)c1=S. The lowest BCUT2D eigenvalue weighted by Gasteiger charge is -2.27. The van der Waals surface area contributed by atoms with E-state index in [1.165, 1.54) is 10.4 Å². The first-order chi connectivity index (χ1) is 14.0. The Labute approximate surface area is 184 Å². The maximum atomic E-state index is 6.07. The van der Waals surface area contributed by atoms with Crippen LogP contribution in [0.1, 0.15) is 10.4 Å². The van der Waals surface area contributed by atoms with Gasteiger partial charge in [-0.15, -0.1) is 16.4 Å². The van der Waals surface area contributed by atoms with E-state index in [9.17, 15) is 0 Å². The topological polar surface area (TPSA) is 38.5 Å². The predicted octanol–water partition coefficient (Wildman–Crippen LogP) is 4.35. The summed E-state index contributed by atoms with van der Waals surface area (Å²) in [6, 6.07) is 12.3. The Morgan fingerprint density at radius 2 is 1.97 bits per heavy atom. The maximum Gasteiger partial charge on any atom is 0.230 e. The van der Waals surface area contributed by atoms with Crippen molar-refractivity contribution in [3.8, 4) is 5.69 Å². The second kappa shape index (κ2) is 8.97. The molecule has 0 bridgehead atoms. The van der Waals surface area contributed by atoms with Gasteiger partial charge in [0.1, 0.15) is 0 Å². The molecule has 1 fully saturated rings. The Balaban J connectivity index is 1.67. The van der Waals surface area contributed by atoms with E-state index in [4.69, 9.17) is 33.7 Å². The highest BCUT2D eigenvalue weighted by atomic mass is 35.5. The van der Waals surface area contributed by atoms with E-state index in [0.717, 1.165) is 35.6 Å². The van der Waals surface area contributed by atoms with Crippen molar-refractivity contribution >= 4 is 41.1 Å². The minimum Gasteiger partial charge on any atom is -0.378 e. The zero-order valence-electron chi connectivity index (χ0n) is 16.5. The molecule has 1 aliphatic rings. The van der Waals surface area contributed by atoms with Gasteiger partial charge < -0.3 is 9.64 Å². The van der Waals surface area contributed by atoms with E-state index in [0.29, 0.717) is 24.7 Å². The van der Waals surface area contributed by atoms with Gasteiger partial charge in [-0.25, -0.2) is 4.68 Å². The molecule has 0 amide bonds. The normalized spacial score (nSPS) is 14.7. The summed E-state index contributed by atoms with van der Waals surface area (Å²) in [5.41, 5.74) is 2.23. The van der Waals surface area contributed by atoms with Crippen molar-refractivity contribution in [1.82, 2.24) is 19.2 Å². The summed E-state index contributed by atoms with van der Waals surface area (Å²) in [6.07, 6.45) is 0. The van der Waals surface area contributed by atoms with Gasteiger partial charge in [0.2, 0.25) is 10.7 Å². The minimum absolute atomic E-state index is 0.602. The van der Waals surface area contributed by atoms with E-state index >= 15 is 0 Å². The zero-order chi connectivity index (χ0) is 20.4. The number of hydrogen-bond donors (Lipinski definition) is 0. The third-order valence-corrected chi connectivity index (χ3v) is 6.51. The smallest absolute Gasteiger partial charge is 0.230 e. The Kier molecular flexibility index (Phi) is 6.36. The molecule has 0 N–H and O–H groups in total. The van der Waals surface area contributed by atoms with Crippen molar-refractivity contribution in [3.63, 3.8) is 0 Å². The Bertz CT molecular complexity index is 1040. The minimum atomic E-state index is 0.602. The fourth-order valence-corrected chi connectivity index (χ4v) is 4.91. The van der Waals surface area contributed by atoms with Crippen LogP contribution >= 0.6 is 35.2 Å². The summed E-state index contributed by atoms with van der Waals surface area (Å²) in [5, 5.41) is 4.92. The fourth-order valence-electron chi connectivity index (χ4n) is 3.46. The number of aryl methyl sites for hydroxylation is 1. The quantitative estimate of drug-likeness (QED) is 0.523. The van der Waals surface area contributed by atoms with Crippen molar-refractivity contribution in [3.05, 3.63) is 55.9 Å². The van der Waals surface area contributed by atoms with E-state index < -0.39 is 0 Å². The van der Waals surface area contributed by atoms with Gasteiger partial charge >= 0.3 is 0 Å². The molecular formula is C20H24ClN5OS2. The van der Waals surface area contributed by atoms with Gasteiger partial charge in [0.15, 0.2) is 0 Å². The third-order valence-electron chi connectivity index (χ3n) is 4.90. The first kappa shape index (κ1) is 20.6. The number of aromatic nitrogens is 3. The van der Waals surface area contributed by atoms with Crippen LogP contribution in [0, 0.1) is 11.7 Å². The van der Waals surface area contributed by atoms with Crippen LogP contribution in [0.3, 0.4) is 0 Å². The van der Waals surface area contributed by atoms with Crippen molar-refractivity contribution in [2.24, 2.45) is 0 Å². The summed E-state index contributed by atoms with van der Waals surface area (Å²) < 4.78 is 11.0. The van der Waals surface area contributed by atoms with Crippen LogP contribution in [0.2, 0.25) is 4.34 Å². The van der Waals surface area contributed by atoms with Crippen LogP contribution in [0.5, 0.6) is 0 Å². The number of benzene rings is 1. The number of halogens is 1. The Morgan fingerprint density at radius 3 is 2.66 bits per heavy atom. The highest BCUT2D eigenvalue weighted by Crippen LogP contribution is 2.25. The van der Waals surface area contributed by atoms with E-state index in [1.54, 1.807) is 11.3 Å². The average Bonchev–Trinajstić information content (AvgIpc) is 3.26. The van der Waals surface area contributed by atoms with Crippen molar-refractivity contribution in [1.29, 1.82) is 0 Å². The summed E-state index contributed by atoms with van der Waals surface area (Å²) in [4.78, 5) is 5.66. The van der Waals surface area contributed by atoms with Gasteiger partial charge in [-0.1, -0.05) is 29.8 Å². The molecule has 1 saturated heterocycles. The zero-order valence-corrected chi connectivity index (χ0v) is 18.9. The molecule has 0 aliphatic carbocycles.